The molecule has 134 valence electrons. The number of likely N-dealkylation sites (tertiary alicyclic amines) is 1. The average molecular weight is 352 g/mol. The SMILES string of the molecule is O=C(NCC(c1cccs1)N1CCCCCC1)NC1CCOCC1. The second kappa shape index (κ2) is 9.39. The van der Waals surface area contributed by atoms with E-state index in [4.69, 9.17) is 4.74 Å². The van der Waals surface area contributed by atoms with E-state index in [0.29, 0.717) is 12.6 Å². The average Bonchev–Trinajstić information content (AvgIpc) is 2.99. The molecular weight excluding hydrogens is 322 g/mol. The first-order chi connectivity index (χ1) is 11.8. The summed E-state index contributed by atoms with van der Waals surface area (Å²) in [6, 6.07) is 4.80. The van der Waals surface area contributed by atoms with Crippen LogP contribution in [0.3, 0.4) is 0 Å². The first-order valence-electron chi connectivity index (χ1n) is 9.22. The summed E-state index contributed by atoms with van der Waals surface area (Å²) in [4.78, 5) is 16.2. The molecule has 0 aliphatic carbocycles. The molecule has 6 heteroatoms. The van der Waals surface area contributed by atoms with Gasteiger partial charge in [-0.3, -0.25) is 4.90 Å². The fourth-order valence-electron chi connectivity index (χ4n) is 3.57. The van der Waals surface area contributed by atoms with E-state index in [1.807, 2.05) is 0 Å². The lowest BCUT2D eigenvalue weighted by Crippen LogP contribution is -2.47. The van der Waals surface area contributed by atoms with Gasteiger partial charge in [0.1, 0.15) is 0 Å². The fraction of sp³-hybridized carbons (Fsp3) is 0.722. The Kier molecular flexibility index (Phi) is 6.93. The van der Waals surface area contributed by atoms with Gasteiger partial charge in [0.25, 0.3) is 0 Å². The Hall–Kier alpha value is -1.11. The molecule has 2 aliphatic rings. The molecule has 2 N–H and O–H groups in total. The molecule has 2 fully saturated rings. The number of rotatable bonds is 5. The van der Waals surface area contributed by atoms with E-state index in [0.717, 1.165) is 39.1 Å². The van der Waals surface area contributed by atoms with Gasteiger partial charge in [-0.15, -0.1) is 11.3 Å². The highest BCUT2D eigenvalue weighted by Crippen LogP contribution is 2.27. The van der Waals surface area contributed by atoms with E-state index in [1.54, 1.807) is 11.3 Å². The summed E-state index contributed by atoms with van der Waals surface area (Å²) < 4.78 is 5.34. The number of urea groups is 1. The molecular formula is C18H29N3O2S. The fourth-order valence-corrected chi connectivity index (χ4v) is 4.43. The predicted octanol–water partition coefficient (Wildman–Crippen LogP) is 3.14. The van der Waals surface area contributed by atoms with Crippen LogP contribution in [0, 0.1) is 0 Å². The molecule has 1 unspecified atom stereocenters. The molecule has 2 saturated heterocycles. The van der Waals surface area contributed by atoms with Gasteiger partial charge in [0.15, 0.2) is 0 Å². The van der Waals surface area contributed by atoms with Gasteiger partial charge in [-0.05, 0) is 50.2 Å². The maximum absolute atomic E-state index is 12.3. The minimum atomic E-state index is -0.0433. The lowest BCUT2D eigenvalue weighted by Gasteiger charge is -2.30. The summed E-state index contributed by atoms with van der Waals surface area (Å²) in [5, 5.41) is 8.33. The van der Waals surface area contributed by atoms with Crippen molar-refractivity contribution < 1.29 is 9.53 Å². The number of hydrogen-bond acceptors (Lipinski definition) is 4. The van der Waals surface area contributed by atoms with Crippen LogP contribution in [0.4, 0.5) is 4.79 Å². The zero-order valence-corrected chi connectivity index (χ0v) is 15.2. The van der Waals surface area contributed by atoms with E-state index in [2.05, 4.69) is 33.0 Å². The van der Waals surface area contributed by atoms with Crippen molar-refractivity contribution in [2.45, 2.75) is 50.6 Å². The van der Waals surface area contributed by atoms with Crippen LogP contribution in [0.5, 0.6) is 0 Å². The number of thiophene rings is 1. The van der Waals surface area contributed by atoms with Gasteiger partial charge in [-0.1, -0.05) is 18.9 Å². The van der Waals surface area contributed by atoms with Crippen molar-refractivity contribution in [3.8, 4) is 0 Å². The smallest absolute Gasteiger partial charge is 0.315 e. The number of ether oxygens (including phenoxy) is 1. The van der Waals surface area contributed by atoms with Crippen LogP contribution in [-0.2, 0) is 4.74 Å². The normalized spacial score (nSPS) is 21.8. The third-order valence-electron chi connectivity index (χ3n) is 4.97. The molecule has 0 radical (unpaired) electrons. The molecule has 24 heavy (non-hydrogen) atoms. The van der Waals surface area contributed by atoms with Gasteiger partial charge < -0.3 is 15.4 Å². The summed E-state index contributed by atoms with van der Waals surface area (Å²) in [7, 11) is 0. The molecule has 1 atom stereocenters. The maximum Gasteiger partial charge on any atom is 0.315 e. The monoisotopic (exact) mass is 351 g/mol. The van der Waals surface area contributed by atoms with E-state index >= 15 is 0 Å². The molecule has 3 heterocycles. The van der Waals surface area contributed by atoms with Crippen molar-refractivity contribution in [2.75, 3.05) is 32.8 Å². The van der Waals surface area contributed by atoms with Crippen LogP contribution in [0.1, 0.15) is 49.4 Å². The molecule has 0 saturated carbocycles. The highest BCUT2D eigenvalue weighted by molar-refractivity contribution is 7.10. The number of carbonyl (C=O) groups is 1. The second-order valence-corrected chi connectivity index (χ2v) is 7.70. The summed E-state index contributed by atoms with van der Waals surface area (Å²) in [6.07, 6.45) is 6.99. The number of hydrogen-bond donors (Lipinski definition) is 2. The van der Waals surface area contributed by atoms with Crippen molar-refractivity contribution in [2.24, 2.45) is 0 Å². The maximum atomic E-state index is 12.3. The molecule has 5 nitrogen and oxygen atoms in total. The Morgan fingerprint density at radius 1 is 1.25 bits per heavy atom. The van der Waals surface area contributed by atoms with E-state index < -0.39 is 0 Å². The highest BCUT2D eigenvalue weighted by atomic mass is 32.1. The zero-order chi connectivity index (χ0) is 16.6. The first kappa shape index (κ1) is 17.7. The standard InChI is InChI=1S/C18H29N3O2S/c22-18(20-15-7-11-23-12-8-15)19-14-16(17-6-5-13-24-17)21-9-3-1-2-4-10-21/h5-6,13,15-16H,1-4,7-12,14H2,(H2,19,20,22). The van der Waals surface area contributed by atoms with Crippen molar-refractivity contribution in [3.05, 3.63) is 22.4 Å². The van der Waals surface area contributed by atoms with E-state index in [-0.39, 0.29) is 12.1 Å². The summed E-state index contributed by atoms with van der Waals surface area (Å²) in [5.74, 6) is 0. The number of carbonyl (C=O) groups excluding carboxylic acids is 1. The Labute approximate surface area is 148 Å². The lowest BCUT2D eigenvalue weighted by molar-refractivity contribution is 0.0799. The zero-order valence-electron chi connectivity index (χ0n) is 14.3. The van der Waals surface area contributed by atoms with E-state index in [1.165, 1.54) is 30.6 Å². The second-order valence-electron chi connectivity index (χ2n) is 6.72. The predicted molar refractivity (Wildman–Crippen MR) is 97.5 cm³/mol. The van der Waals surface area contributed by atoms with Crippen LogP contribution < -0.4 is 10.6 Å². The third-order valence-corrected chi connectivity index (χ3v) is 5.94. The molecule has 0 bridgehead atoms. The Balaban J connectivity index is 1.54. The van der Waals surface area contributed by atoms with Crippen molar-refractivity contribution in [1.29, 1.82) is 0 Å². The summed E-state index contributed by atoms with van der Waals surface area (Å²) >= 11 is 1.79. The molecule has 3 rings (SSSR count). The van der Waals surface area contributed by atoms with Crippen LogP contribution in [0.15, 0.2) is 17.5 Å². The molecule has 0 spiro atoms. The largest absolute Gasteiger partial charge is 0.381 e. The summed E-state index contributed by atoms with van der Waals surface area (Å²) in [6.45, 7) is 4.43. The lowest BCUT2D eigenvalue weighted by atomic mass is 10.1. The van der Waals surface area contributed by atoms with Crippen LogP contribution in [0.25, 0.3) is 0 Å². The Morgan fingerprint density at radius 2 is 2.00 bits per heavy atom. The Morgan fingerprint density at radius 3 is 2.67 bits per heavy atom. The molecule has 1 aromatic heterocycles. The van der Waals surface area contributed by atoms with Gasteiger partial charge >= 0.3 is 6.03 Å². The van der Waals surface area contributed by atoms with Gasteiger partial charge in [0.05, 0.1) is 6.04 Å². The molecule has 1 aromatic rings. The topological polar surface area (TPSA) is 53.6 Å². The minimum absolute atomic E-state index is 0.0433. The number of nitrogens with one attached hydrogen (secondary N) is 2. The van der Waals surface area contributed by atoms with Gasteiger partial charge in [-0.2, -0.15) is 0 Å². The minimum Gasteiger partial charge on any atom is -0.381 e. The van der Waals surface area contributed by atoms with Crippen molar-refractivity contribution in [3.63, 3.8) is 0 Å². The molecule has 0 aromatic carbocycles. The van der Waals surface area contributed by atoms with Crippen LogP contribution >= 0.6 is 11.3 Å². The van der Waals surface area contributed by atoms with Crippen LogP contribution in [-0.4, -0.2) is 49.8 Å². The summed E-state index contributed by atoms with van der Waals surface area (Å²) in [5.41, 5.74) is 0. The van der Waals surface area contributed by atoms with E-state index in [9.17, 15) is 4.79 Å². The molecule has 2 amide bonds. The third kappa shape index (κ3) is 5.19. The van der Waals surface area contributed by atoms with Crippen molar-refractivity contribution >= 4 is 17.4 Å². The van der Waals surface area contributed by atoms with Gasteiger partial charge in [0.2, 0.25) is 0 Å². The quantitative estimate of drug-likeness (QED) is 0.857. The Bertz CT molecular complexity index is 480. The number of nitrogens with zero attached hydrogens (tertiary/aromatic N) is 1. The van der Waals surface area contributed by atoms with Crippen molar-refractivity contribution in [1.82, 2.24) is 15.5 Å². The van der Waals surface area contributed by atoms with Crippen LogP contribution in [0.2, 0.25) is 0 Å². The van der Waals surface area contributed by atoms with Gasteiger partial charge in [0, 0.05) is 30.7 Å². The van der Waals surface area contributed by atoms with Gasteiger partial charge in [-0.25, -0.2) is 4.79 Å². The first-order valence-corrected chi connectivity index (χ1v) is 10.1. The number of amides is 2. The highest BCUT2D eigenvalue weighted by Gasteiger charge is 2.23. The molecule has 2 aliphatic heterocycles.